The van der Waals surface area contributed by atoms with Gasteiger partial charge in [-0.15, -0.1) is 0 Å². The molecular weight excluding hydrogens is 348 g/mol. The quantitative estimate of drug-likeness (QED) is 0.744. The highest BCUT2D eigenvalue weighted by Gasteiger charge is 2.33. The molecule has 4 rings (SSSR count). The van der Waals surface area contributed by atoms with E-state index in [-0.39, 0.29) is 11.8 Å². The Morgan fingerprint density at radius 2 is 2.19 bits per heavy atom. The normalized spacial score (nSPS) is 12.9. The summed E-state index contributed by atoms with van der Waals surface area (Å²) < 4.78 is 6.51. The average molecular weight is 366 g/mol. The number of aryl methyl sites for hydroxylation is 2. The van der Waals surface area contributed by atoms with Crippen molar-refractivity contribution in [1.82, 2.24) is 30.1 Å². The molecule has 3 aromatic heterocycles. The summed E-state index contributed by atoms with van der Waals surface area (Å²) in [7, 11) is 1.77. The van der Waals surface area contributed by atoms with Gasteiger partial charge in [0.05, 0.1) is 24.5 Å². The number of hydrogen-bond donors (Lipinski definition) is 1. The van der Waals surface area contributed by atoms with Gasteiger partial charge in [-0.1, -0.05) is 11.2 Å². The minimum absolute atomic E-state index is 0.174. The molecular formula is C18H18N6O3. The Balaban J connectivity index is 1.50. The van der Waals surface area contributed by atoms with Crippen molar-refractivity contribution >= 4 is 11.8 Å². The molecule has 0 aromatic carbocycles. The fraction of sp³-hybridized carbons (Fsp3) is 0.278. The average Bonchev–Trinajstić information content (AvgIpc) is 3.37. The van der Waals surface area contributed by atoms with Crippen molar-refractivity contribution < 1.29 is 14.1 Å². The first-order valence-corrected chi connectivity index (χ1v) is 8.46. The molecule has 1 N–H and O–H groups in total. The van der Waals surface area contributed by atoms with Gasteiger partial charge in [-0.3, -0.25) is 19.3 Å². The van der Waals surface area contributed by atoms with E-state index >= 15 is 0 Å². The van der Waals surface area contributed by atoms with Gasteiger partial charge in [-0.05, 0) is 18.6 Å². The molecule has 0 bridgehead atoms. The number of carbonyl (C=O) groups excluding carboxylic acids is 2. The monoisotopic (exact) mass is 366 g/mol. The van der Waals surface area contributed by atoms with E-state index in [1.165, 1.54) is 6.26 Å². The standard InChI is InChI=1S/C18H18N6O3/c1-11-14(10-27-22-11)18(26)24-8-13-15(9-24)23(2)21-16(13)17(25)20-7-12-4-3-5-19-6-12/h3-6,10H,7-9H2,1-2H3,(H,20,25). The van der Waals surface area contributed by atoms with Crippen LogP contribution in [0.15, 0.2) is 35.3 Å². The number of pyridine rings is 1. The van der Waals surface area contributed by atoms with Gasteiger partial charge >= 0.3 is 0 Å². The summed E-state index contributed by atoms with van der Waals surface area (Å²) >= 11 is 0. The number of fused-ring (bicyclic) bond motifs is 1. The van der Waals surface area contributed by atoms with Crippen LogP contribution in [0.3, 0.4) is 0 Å². The van der Waals surface area contributed by atoms with Crippen molar-refractivity contribution in [3.63, 3.8) is 0 Å². The maximum absolute atomic E-state index is 12.7. The number of hydrogen-bond acceptors (Lipinski definition) is 6. The number of nitrogens with zero attached hydrogens (tertiary/aromatic N) is 5. The van der Waals surface area contributed by atoms with E-state index in [9.17, 15) is 9.59 Å². The molecule has 0 spiro atoms. The molecule has 4 heterocycles. The molecule has 3 aromatic rings. The molecule has 9 nitrogen and oxygen atoms in total. The second-order valence-electron chi connectivity index (χ2n) is 6.42. The lowest BCUT2D eigenvalue weighted by Crippen LogP contribution is -2.28. The van der Waals surface area contributed by atoms with Crippen molar-refractivity contribution in [3.05, 3.63) is 64.6 Å². The van der Waals surface area contributed by atoms with Crippen LogP contribution in [0.25, 0.3) is 0 Å². The van der Waals surface area contributed by atoms with E-state index in [0.717, 1.165) is 16.8 Å². The molecule has 1 aliphatic rings. The lowest BCUT2D eigenvalue weighted by Gasteiger charge is -2.15. The number of rotatable bonds is 4. The minimum atomic E-state index is -0.272. The highest BCUT2D eigenvalue weighted by Crippen LogP contribution is 2.27. The molecule has 27 heavy (non-hydrogen) atoms. The Kier molecular flexibility index (Phi) is 4.19. The smallest absolute Gasteiger partial charge is 0.272 e. The van der Waals surface area contributed by atoms with Gasteiger partial charge in [-0.2, -0.15) is 5.10 Å². The number of aromatic nitrogens is 4. The van der Waals surface area contributed by atoms with E-state index in [1.807, 2.05) is 12.1 Å². The fourth-order valence-electron chi connectivity index (χ4n) is 3.16. The summed E-state index contributed by atoms with van der Waals surface area (Å²) in [5.74, 6) is -0.446. The van der Waals surface area contributed by atoms with E-state index in [1.54, 1.807) is 35.9 Å². The Bertz CT molecular complexity index is 1010. The van der Waals surface area contributed by atoms with E-state index in [4.69, 9.17) is 4.52 Å². The highest BCUT2D eigenvalue weighted by atomic mass is 16.5. The van der Waals surface area contributed by atoms with E-state index < -0.39 is 0 Å². The molecule has 1 aliphatic heterocycles. The van der Waals surface area contributed by atoms with Crippen LogP contribution in [0.4, 0.5) is 0 Å². The van der Waals surface area contributed by atoms with Crippen molar-refractivity contribution in [2.45, 2.75) is 26.6 Å². The van der Waals surface area contributed by atoms with Gasteiger partial charge in [-0.25, -0.2) is 0 Å². The van der Waals surface area contributed by atoms with Crippen LogP contribution >= 0.6 is 0 Å². The summed E-state index contributed by atoms with van der Waals surface area (Å²) in [4.78, 5) is 31.0. The Labute approximate surface area is 155 Å². The van der Waals surface area contributed by atoms with Gasteiger partial charge in [0.2, 0.25) is 0 Å². The van der Waals surface area contributed by atoms with Gasteiger partial charge in [0, 0.05) is 31.5 Å². The van der Waals surface area contributed by atoms with E-state index in [0.29, 0.717) is 36.6 Å². The third-order valence-electron chi connectivity index (χ3n) is 4.62. The van der Waals surface area contributed by atoms with Crippen molar-refractivity contribution in [3.8, 4) is 0 Å². The zero-order chi connectivity index (χ0) is 19.0. The number of carbonyl (C=O) groups is 2. The summed E-state index contributed by atoms with van der Waals surface area (Å²) in [6.45, 7) is 2.79. The first kappa shape index (κ1) is 17.0. The predicted octanol–water partition coefficient (Wildman–Crippen LogP) is 1.20. The van der Waals surface area contributed by atoms with Gasteiger partial charge in [0.1, 0.15) is 11.8 Å². The van der Waals surface area contributed by atoms with Crippen LogP contribution < -0.4 is 5.32 Å². The summed E-state index contributed by atoms with van der Waals surface area (Å²) in [6.07, 6.45) is 4.73. The van der Waals surface area contributed by atoms with Crippen molar-refractivity contribution in [2.75, 3.05) is 0 Å². The first-order valence-electron chi connectivity index (χ1n) is 8.46. The molecule has 0 saturated heterocycles. The van der Waals surface area contributed by atoms with Crippen LogP contribution in [0.2, 0.25) is 0 Å². The summed E-state index contributed by atoms with van der Waals surface area (Å²) in [5, 5.41) is 10.9. The molecule has 0 atom stereocenters. The largest absolute Gasteiger partial charge is 0.364 e. The van der Waals surface area contributed by atoms with Crippen molar-refractivity contribution in [2.24, 2.45) is 7.05 Å². The van der Waals surface area contributed by atoms with Crippen LogP contribution in [0.1, 0.15) is 43.4 Å². The Hall–Kier alpha value is -3.49. The van der Waals surface area contributed by atoms with Crippen LogP contribution in [0.5, 0.6) is 0 Å². The topological polar surface area (TPSA) is 106 Å². The fourth-order valence-corrected chi connectivity index (χ4v) is 3.16. The molecule has 9 heteroatoms. The third-order valence-corrected chi connectivity index (χ3v) is 4.62. The molecule has 0 saturated carbocycles. The highest BCUT2D eigenvalue weighted by molar-refractivity contribution is 5.97. The molecule has 2 amide bonds. The molecule has 138 valence electrons. The molecule has 0 fully saturated rings. The van der Waals surface area contributed by atoms with Gasteiger partial charge in [0.25, 0.3) is 11.8 Å². The minimum Gasteiger partial charge on any atom is -0.364 e. The van der Waals surface area contributed by atoms with Crippen LogP contribution in [-0.2, 0) is 26.7 Å². The Morgan fingerprint density at radius 3 is 2.89 bits per heavy atom. The third kappa shape index (κ3) is 3.07. The maximum atomic E-state index is 12.7. The SMILES string of the molecule is Cc1nocc1C(=O)N1Cc2c(C(=O)NCc3cccnc3)nn(C)c2C1. The maximum Gasteiger partial charge on any atom is 0.272 e. The van der Waals surface area contributed by atoms with Gasteiger partial charge < -0.3 is 14.7 Å². The predicted molar refractivity (Wildman–Crippen MR) is 93.4 cm³/mol. The Morgan fingerprint density at radius 1 is 1.33 bits per heavy atom. The zero-order valence-corrected chi connectivity index (χ0v) is 15.0. The number of amides is 2. The molecule has 0 aliphatic carbocycles. The molecule has 0 radical (unpaired) electrons. The van der Waals surface area contributed by atoms with Gasteiger partial charge in [0.15, 0.2) is 5.69 Å². The lowest BCUT2D eigenvalue weighted by atomic mass is 10.2. The summed E-state index contributed by atoms with van der Waals surface area (Å²) in [5.41, 5.74) is 3.83. The van der Waals surface area contributed by atoms with Crippen LogP contribution in [-0.4, -0.2) is 36.6 Å². The van der Waals surface area contributed by atoms with Crippen molar-refractivity contribution in [1.29, 1.82) is 0 Å². The second kappa shape index (κ2) is 6.67. The zero-order valence-electron chi connectivity index (χ0n) is 15.0. The van der Waals surface area contributed by atoms with Crippen LogP contribution in [0, 0.1) is 6.92 Å². The first-order chi connectivity index (χ1) is 13.0. The summed E-state index contributed by atoms with van der Waals surface area (Å²) in [6, 6.07) is 3.70. The second-order valence-corrected chi connectivity index (χ2v) is 6.42. The van der Waals surface area contributed by atoms with E-state index in [2.05, 4.69) is 20.6 Å². The molecule has 0 unspecified atom stereocenters. The number of nitrogens with one attached hydrogen (secondary N) is 1. The lowest BCUT2D eigenvalue weighted by molar-refractivity contribution is 0.0744.